The molecule has 0 radical (unpaired) electrons. The molecule has 2 aliphatic carbocycles. The fraction of sp³-hybridized carbons (Fsp3) is 0.571. The molecule has 3 nitrogen and oxygen atoms in total. The SMILES string of the molecule is O=S(=O)(c1cc(CCl)cc(F)c1F)N(CC1CC1)C1CC1. The summed E-state index contributed by atoms with van der Waals surface area (Å²) < 4.78 is 54.3. The van der Waals surface area contributed by atoms with Crippen LogP contribution in [0.4, 0.5) is 8.78 Å². The molecule has 0 bridgehead atoms. The Hall–Kier alpha value is -0.720. The van der Waals surface area contributed by atoms with Crippen LogP contribution in [-0.2, 0) is 15.9 Å². The predicted octanol–water partition coefficient (Wildman–Crippen LogP) is 3.27. The van der Waals surface area contributed by atoms with E-state index in [2.05, 4.69) is 0 Å². The molecule has 0 amide bonds. The van der Waals surface area contributed by atoms with Gasteiger partial charge in [-0.1, -0.05) is 0 Å². The molecule has 2 aliphatic rings. The zero-order valence-corrected chi connectivity index (χ0v) is 12.9. The highest BCUT2D eigenvalue weighted by molar-refractivity contribution is 7.89. The number of halogens is 3. The molecule has 0 spiro atoms. The van der Waals surface area contributed by atoms with Crippen LogP contribution < -0.4 is 0 Å². The van der Waals surface area contributed by atoms with Gasteiger partial charge in [0.05, 0.1) is 0 Å². The largest absolute Gasteiger partial charge is 0.246 e. The topological polar surface area (TPSA) is 37.4 Å². The van der Waals surface area contributed by atoms with E-state index >= 15 is 0 Å². The molecule has 0 aliphatic heterocycles. The summed E-state index contributed by atoms with van der Waals surface area (Å²) >= 11 is 5.62. The molecule has 0 aromatic heterocycles. The average molecular weight is 336 g/mol. The second kappa shape index (κ2) is 5.48. The monoisotopic (exact) mass is 335 g/mol. The Balaban J connectivity index is 2.01. The van der Waals surface area contributed by atoms with E-state index in [9.17, 15) is 17.2 Å². The van der Waals surface area contributed by atoms with E-state index in [1.54, 1.807) is 0 Å². The first-order valence-electron chi connectivity index (χ1n) is 6.99. The highest BCUT2D eigenvalue weighted by atomic mass is 35.5. The summed E-state index contributed by atoms with van der Waals surface area (Å²) in [4.78, 5) is -0.592. The number of nitrogens with zero attached hydrogens (tertiary/aromatic N) is 1. The minimum absolute atomic E-state index is 0.0637. The van der Waals surface area contributed by atoms with Crippen molar-refractivity contribution in [3.05, 3.63) is 29.3 Å². The number of sulfonamides is 1. The van der Waals surface area contributed by atoms with E-state index in [0.717, 1.165) is 37.8 Å². The zero-order valence-electron chi connectivity index (χ0n) is 11.4. The molecule has 1 aromatic carbocycles. The number of rotatable bonds is 6. The predicted molar refractivity (Wildman–Crippen MR) is 75.6 cm³/mol. The van der Waals surface area contributed by atoms with Crippen molar-refractivity contribution in [3.8, 4) is 0 Å². The highest BCUT2D eigenvalue weighted by Crippen LogP contribution is 2.38. The second-order valence-corrected chi connectivity index (χ2v) is 7.90. The standard InChI is InChI=1S/C14H16ClF2NO2S/c15-7-10-5-12(16)14(17)13(6-10)21(19,20)18(11-3-4-11)8-9-1-2-9/h5-6,9,11H,1-4,7-8H2. The van der Waals surface area contributed by atoms with Gasteiger partial charge in [-0.05, 0) is 49.3 Å². The van der Waals surface area contributed by atoms with Crippen LogP contribution in [0.5, 0.6) is 0 Å². The minimum Gasteiger partial charge on any atom is -0.207 e. The fourth-order valence-electron chi connectivity index (χ4n) is 2.37. The molecule has 3 rings (SSSR count). The van der Waals surface area contributed by atoms with Crippen molar-refractivity contribution in [2.45, 2.75) is 42.5 Å². The lowest BCUT2D eigenvalue weighted by atomic mass is 10.2. The number of alkyl halides is 1. The molecule has 0 saturated heterocycles. The molecule has 7 heteroatoms. The lowest BCUT2D eigenvalue weighted by molar-refractivity contribution is 0.383. The Bertz CT molecular complexity index is 657. The summed E-state index contributed by atoms with van der Waals surface area (Å²) in [5, 5.41) is 0. The van der Waals surface area contributed by atoms with Gasteiger partial charge < -0.3 is 0 Å². The quantitative estimate of drug-likeness (QED) is 0.748. The van der Waals surface area contributed by atoms with Crippen LogP contribution in [0, 0.1) is 17.6 Å². The highest BCUT2D eigenvalue weighted by Gasteiger charge is 2.42. The van der Waals surface area contributed by atoms with E-state index in [1.165, 1.54) is 4.31 Å². The van der Waals surface area contributed by atoms with Crippen LogP contribution in [0.1, 0.15) is 31.2 Å². The Kier molecular flexibility index (Phi) is 3.96. The van der Waals surface area contributed by atoms with E-state index in [0.29, 0.717) is 12.5 Å². The number of hydrogen-bond donors (Lipinski definition) is 0. The first-order chi connectivity index (χ1) is 9.93. The fourth-order valence-corrected chi connectivity index (χ4v) is 4.41. The van der Waals surface area contributed by atoms with E-state index < -0.39 is 26.6 Å². The first-order valence-corrected chi connectivity index (χ1v) is 8.96. The van der Waals surface area contributed by atoms with E-state index in [4.69, 9.17) is 11.6 Å². The lowest BCUT2D eigenvalue weighted by Crippen LogP contribution is -2.35. The van der Waals surface area contributed by atoms with Gasteiger partial charge in [-0.15, -0.1) is 11.6 Å². The van der Waals surface area contributed by atoms with Crippen molar-refractivity contribution < 1.29 is 17.2 Å². The van der Waals surface area contributed by atoms with Gasteiger partial charge in [0.25, 0.3) is 0 Å². The molecule has 1 aromatic rings. The Morgan fingerprint density at radius 3 is 2.38 bits per heavy atom. The maximum Gasteiger partial charge on any atom is 0.246 e. The average Bonchev–Trinajstić information content (AvgIpc) is 3.31. The third kappa shape index (κ3) is 3.07. The van der Waals surface area contributed by atoms with Crippen molar-refractivity contribution in [1.82, 2.24) is 4.31 Å². The normalized spacial score (nSPS) is 19.2. The zero-order chi connectivity index (χ0) is 15.2. The Morgan fingerprint density at radius 2 is 1.86 bits per heavy atom. The summed E-state index contributed by atoms with van der Waals surface area (Å²) in [6.07, 6.45) is 3.56. The molecular weight excluding hydrogens is 320 g/mol. The molecule has 0 heterocycles. The van der Waals surface area contributed by atoms with Crippen molar-refractivity contribution in [3.63, 3.8) is 0 Å². The van der Waals surface area contributed by atoms with Gasteiger partial charge >= 0.3 is 0 Å². The van der Waals surface area contributed by atoms with Crippen LogP contribution in [0.25, 0.3) is 0 Å². The first kappa shape index (κ1) is 15.2. The smallest absolute Gasteiger partial charge is 0.207 e. The van der Waals surface area contributed by atoms with Crippen LogP contribution in [0.2, 0.25) is 0 Å². The maximum atomic E-state index is 14.0. The third-order valence-corrected chi connectivity index (χ3v) is 6.11. The maximum absolute atomic E-state index is 14.0. The summed E-state index contributed by atoms with van der Waals surface area (Å²) in [7, 11) is -4.02. The summed E-state index contributed by atoms with van der Waals surface area (Å²) in [5.41, 5.74) is 0.260. The van der Waals surface area contributed by atoms with Gasteiger partial charge in [0.1, 0.15) is 4.90 Å². The number of benzene rings is 1. The van der Waals surface area contributed by atoms with Crippen molar-refractivity contribution in [2.75, 3.05) is 6.54 Å². The molecule has 21 heavy (non-hydrogen) atoms. The molecule has 0 N–H and O–H groups in total. The van der Waals surface area contributed by atoms with Crippen LogP contribution in [0.3, 0.4) is 0 Å². The number of hydrogen-bond acceptors (Lipinski definition) is 2. The van der Waals surface area contributed by atoms with E-state index in [1.807, 2.05) is 0 Å². The van der Waals surface area contributed by atoms with Crippen molar-refractivity contribution in [1.29, 1.82) is 0 Å². The van der Waals surface area contributed by atoms with Gasteiger partial charge in [0, 0.05) is 18.5 Å². The van der Waals surface area contributed by atoms with Crippen molar-refractivity contribution in [2.24, 2.45) is 5.92 Å². The van der Waals surface area contributed by atoms with Gasteiger partial charge in [0.2, 0.25) is 10.0 Å². The van der Waals surface area contributed by atoms with Gasteiger partial charge in [-0.2, -0.15) is 4.31 Å². The molecule has 0 unspecified atom stereocenters. The van der Waals surface area contributed by atoms with Gasteiger partial charge in [-0.3, -0.25) is 0 Å². The van der Waals surface area contributed by atoms with Crippen LogP contribution >= 0.6 is 11.6 Å². The van der Waals surface area contributed by atoms with Gasteiger partial charge in [0.15, 0.2) is 11.6 Å². The minimum atomic E-state index is -4.02. The second-order valence-electron chi connectivity index (χ2n) is 5.77. The van der Waals surface area contributed by atoms with Crippen LogP contribution in [-0.4, -0.2) is 25.3 Å². The molecule has 116 valence electrons. The molecule has 2 fully saturated rings. The van der Waals surface area contributed by atoms with Gasteiger partial charge in [-0.25, -0.2) is 17.2 Å². The summed E-state index contributed by atoms with van der Waals surface area (Å²) in [6, 6.07) is 2.00. The molecule has 2 saturated carbocycles. The summed E-state index contributed by atoms with van der Waals surface area (Å²) in [5.74, 6) is -2.20. The molecular formula is C14H16ClF2NO2S. The van der Waals surface area contributed by atoms with Crippen molar-refractivity contribution >= 4 is 21.6 Å². The molecule has 0 atom stereocenters. The Labute approximate surface area is 127 Å². The van der Waals surface area contributed by atoms with E-state index in [-0.39, 0.29) is 17.5 Å². The Morgan fingerprint density at radius 1 is 1.19 bits per heavy atom. The third-order valence-electron chi connectivity index (χ3n) is 3.88. The lowest BCUT2D eigenvalue weighted by Gasteiger charge is -2.22. The summed E-state index contributed by atoms with van der Waals surface area (Å²) in [6.45, 7) is 0.402. The van der Waals surface area contributed by atoms with Crippen LogP contribution in [0.15, 0.2) is 17.0 Å².